The highest BCUT2D eigenvalue weighted by atomic mass is 16.4. The molecule has 0 saturated heterocycles. The van der Waals surface area contributed by atoms with E-state index in [-0.39, 0.29) is 18.9 Å². The summed E-state index contributed by atoms with van der Waals surface area (Å²) in [5.41, 5.74) is 1.50. The predicted octanol–water partition coefficient (Wildman–Crippen LogP) is 0.147. The summed E-state index contributed by atoms with van der Waals surface area (Å²) in [5, 5.41) is 22.8. The smallest absolute Gasteiger partial charge is 0.261 e. The molecule has 7 nitrogen and oxygen atoms in total. The van der Waals surface area contributed by atoms with E-state index in [9.17, 15) is 4.79 Å². The minimum atomic E-state index is 0.0437. The average molecular weight is 300 g/mol. The van der Waals surface area contributed by atoms with Gasteiger partial charge >= 0.3 is 0 Å². The molecule has 0 radical (unpaired) electrons. The van der Waals surface area contributed by atoms with Gasteiger partial charge in [-0.1, -0.05) is 10.3 Å². The highest BCUT2D eigenvalue weighted by Crippen LogP contribution is 1.92. The van der Waals surface area contributed by atoms with Crippen LogP contribution in [0, 0.1) is 0 Å². The lowest BCUT2D eigenvalue weighted by Gasteiger charge is -1.97. The van der Waals surface area contributed by atoms with Crippen molar-refractivity contribution in [2.75, 3.05) is 0 Å². The van der Waals surface area contributed by atoms with Crippen molar-refractivity contribution in [3.63, 3.8) is 0 Å². The van der Waals surface area contributed by atoms with E-state index in [0.717, 1.165) is 11.1 Å². The summed E-state index contributed by atoms with van der Waals surface area (Å²) in [4.78, 5) is 12.0. The van der Waals surface area contributed by atoms with Gasteiger partial charge in [0.25, 0.3) is 5.78 Å². The van der Waals surface area contributed by atoms with Crippen molar-refractivity contribution < 1.29 is 24.3 Å². The molecule has 0 unspecified atom stereocenters. The van der Waals surface area contributed by atoms with Crippen LogP contribution in [0.4, 0.5) is 0 Å². The van der Waals surface area contributed by atoms with Crippen LogP contribution in [-0.4, -0.2) is 28.6 Å². The molecule has 22 heavy (non-hydrogen) atoms. The van der Waals surface area contributed by atoms with Gasteiger partial charge in [-0.05, 0) is 0 Å². The number of hydrogen-bond donors (Lipinski definition) is 2. The zero-order valence-electron chi connectivity index (χ0n) is 11.8. The normalized spacial score (nSPS) is 11.3. The van der Waals surface area contributed by atoms with Gasteiger partial charge in [-0.15, -0.1) is 0 Å². The van der Waals surface area contributed by atoms with E-state index in [1.807, 2.05) is 0 Å². The number of ketones is 1. The summed E-state index contributed by atoms with van der Waals surface area (Å²) in [6, 6.07) is 7.01. The number of oxime groups is 2. The third kappa shape index (κ3) is 4.48. The number of pyridine rings is 2. The molecule has 2 heterocycles. The van der Waals surface area contributed by atoms with Crippen molar-refractivity contribution in [3.8, 4) is 0 Å². The second kappa shape index (κ2) is 7.63. The zero-order valence-corrected chi connectivity index (χ0v) is 11.8. The lowest BCUT2D eigenvalue weighted by Crippen LogP contribution is -2.44. The van der Waals surface area contributed by atoms with Crippen molar-refractivity contribution in [1.82, 2.24) is 0 Å². The molecule has 0 atom stereocenters. The van der Waals surface area contributed by atoms with Crippen LogP contribution in [0.3, 0.4) is 0 Å². The summed E-state index contributed by atoms with van der Waals surface area (Å²) in [5.74, 6) is 0.0437. The highest BCUT2D eigenvalue weighted by Gasteiger charge is 2.14. The molecule has 7 heteroatoms. The molecule has 2 aromatic heterocycles. The number of carbonyl (C=O) groups excluding carboxylic acids is 1. The van der Waals surface area contributed by atoms with Crippen molar-refractivity contribution in [1.29, 1.82) is 0 Å². The SMILES string of the molecule is O=C(C[n+]1ccc(/C=N/O)cc1)C[n+]1ccc(/C=N/O)cc1. The van der Waals surface area contributed by atoms with Gasteiger partial charge in [0.05, 0.1) is 12.4 Å². The Morgan fingerprint density at radius 2 is 1.23 bits per heavy atom. The zero-order chi connectivity index (χ0) is 15.8. The van der Waals surface area contributed by atoms with Gasteiger partial charge in [-0.25, -0.2) is 0 Å². The summed E-state index contributed by atoms with van der Waals surface area (Å²) in [6.45, 7) is 0.507. The molecule has 0 bridgehead atoms. The molecule has 2 rings (SSSR count). The van der Waals surface area contributed by atoms with Crippen molar-refractivity contribution in [2.24, 2.45) is 10.3 Å². The van der Waals surface area contributed by atoms with E-state index in [2.05, 4.69) is 10.3 Å². The van der Waals surface area contributed by atoms with Crippen LogP contribution in [0.5, 0.6) is 0 Å². The first-order valence-corrected chi connectivity index (χ1v) is 6.56. The Balaban J connectivity index is 1.94. The maximum Gasteiger partial charge on any atom is 0.261 e. The second-order valence-electron chi connectivity index (χ2n) is 4.64. The Morgan fingerprint density at radius 3 is 1.55 bits per heavy atom. The molecule has 2 N–H and O–H groups in total. The topological polar surface area (TPSA) is 90.0 Å². The number of Topliss-reactive ketones (excluding diaryl/α,β-unsaturated/α-hetero) is 1. The largest absolute Gasteiger partial charge is 0.411 e. The fourth-order valence-corrected chi connectivity index (χ4v) is 1.91. The molecule has 0 aromatic carbocycles. The molecule has 0 amide bonds. The van der Waals surface area contributed by atoms with Crippen molar-refractivity contribution >= 4 is 18.2 Å². The third-order valence-electron chi connectivity index (χ3n) is 2.97. The molecule has 2 aromatic rings. The second-order valence-corrected chi connectivity index (χ2v) is 4.64. The summed E-state index contributed by atoms with van der Waals surface area (Å²) < 4.78 is 3.51. The minimum Gasteiger partial charge on any atom is -0.411 e. The van der Waals surface area contributed by atoms with Crippen molar-refractivity contribution in [3.05, 3.63) is 60.2 Å². The maximum atomic E-state index is 12.0. The van der Waals surface area contributed by atoms with E-state index >= 15 is 0 Å². The van der Waals surface area contributed by atoms with Gasteiger partial charge in [0.15, 0.2) is 24.8 Å². The lowest BCUT2D eigenvalue weighted by molar-refractivity contribution is -0.702. The van der Waals surface area contributed by atoms with Gasteiger partial charge < -0.3 is 10.4 Å². The first kappa shape index (κ1) is 15.3. The van der Waals surface area contributed by atoms with E-state index in [0.29, 0.717) is 0 Å². The monoisotopic (exact) mass is 300 g/mol. The van der Waals surface area contributed by atoms with Gasteiger partial charge in [0, 0.05) is 35.4 Å². The fraction of sp³-hybridized carbons (Fsp3) is 0.133. The average Bonchev–Trinajstić information content (AvgIpc) is 2.52. The summed E-state index contributed by atoms with van der Waals surface area (Å²) in [7, 11) is 0. The van der Waals surface area contributed by atoms with Crippen LogP contribution in [0.2, 0.25) is 0 Å². The van der Waals surface area contributed by atoms with E-state index in [4.69, 9.17) is 10.4 Å². The Morgan fingerprint density at radius 1 is 0.864 bits per heavy atom. The Bertz CT molecular complexity index is 619. The molecule has 0 spiro atoms. The van der Waals surface area contributed by atoms with Crippen LogP contribution >= 0.6 is 0 Å². The van der Waals surface area contributed by atoms with Gasteiger partial charge in [0.1, 0.15) is 0 Å². The number of aromatic nitrogens is 2. The van der Waals surface area contributed by atoms with Crippen LogP contribution in [0.25, 0.3) is 0 Å². The Kier molecular flexibility index (Phi) is 5.31. The van der Waals surface area contributed by atoms with E-state index in [1.165, 1.54) is 12.4 Å². The van der Waals surface area contributed by atoms with Crippen LogP contribution in [0.15, 0.2) is 59.4 Å². The van der Waals surface area contributed by atoms with Gasteiger partial charge in [-0.2, -0.15) is 9.13 Å². The molecule has 0 aliphatic heterocycles. The standard InChI is InChI=1S/C15H14N4O3/c20-15(11-18-5-1-13(2-6-18)9-16-21)12-19-7-3-14(4-8-19)10-17-22/h1-10H,11-12H2/p+2. The third-order valence-corrected chi connectivity index (χ3v) is 2.97. The first-order valence-electron chi connectivity index (χ1n) is 6.56. The summed E-state index contributed by atoms with van der Waals surface area (Å²) in [6.07, 6.45) is 9.64. The lowest BCUT2D eigenvalue weighted by atomic mass is 10.2. The van der Waals surface area contributed by atoms with Crippen LogP contribution < -0.4 is 9.13 Å². The molecule has 0 aliphatic rings. The summed E-state index contributed by atoms with van der Waals surface area (Å²) >= 11 is 0. The number of carbonyl (C=O) groups is 1. The van der Waals surface area contributed by atoms with Crippen LogP contribution in [-0.2, 0) is 17.9 Å². The quantitative estimate of drug-likeness (QED) is 0.344. The number of rotatable bonds is 6. The predicted molar refractivity (Wildman–Crippen MR) is 77.0 cm³/mol. The molecule has 0 saturated carbocycles. The number of nitrogens with zero attached hydrogens (tertiary/aromatic N) is 4. The van der Waals surface area contributed by atoms with Crippen LogP contribution in [0.1, 0.15) is 11.1 Å². The van der Waals surface area contributed by atoms with Gasteiger partial charge in [-0.3, -0.25) is 4.79 Å². The van der Waals surface area contributed by atoms with Gasteiger partial charge in [0.2, 0.25) is 13.1 Å². The van der Waals surface area contributed by atoms with E-state index in [1.54, 1.807) is 58.2 Å². The van der Waals surface area contributed by atoms with Crippen molar-refractivity contribution in [2.45, 2.75) is 13.1 Å². The number of hydrogen-bond acceptors (Lipinski definition) is 5. The van der Waals surface area contributed by atoms with E-state index < -0.39 is 0 Å². The molecule has 0 aliphatic carbocycles. The maximum absolute atomic E-state index is 12.0. The molecular formula is C15H16N4O3+2. The minimum absolute atomic E-state index is 0.0437. The molecular weight excluding hydrogens is 284 g/mol. The fourth-order valence-electron chi connectivity index (χ4n) is 1.91. The Labute approximate surface area is 127 Å². The molecule has 0 fully saturated rings. The first-order chi connectivity index (χ1) is 10.7. The molecule has 112 valence electrons. The highest BCUT2D eigenvalue weighted by molar-refractivity contribution is 5.79. The Hall–Kier alpha value is -3.09.